The van der Waals surface area contributed by atoms with E-state index in [0.29, 0.717) is 57.4 Å². The van der Waals surface area contributed by atoms with Gasteiger partial charge in [-0.15, -0.1) is 0 Å². The molecule has 7 rings (SSSR count). The van der Waals surface area contributed by atoms with E-state index in [1.165, 1.54) is 24.3 Å². The number of aromatic nitrogens is 1. The first kappa shape index (κ1) is 39.4. The largest absolute Gasteiger partial charge is 0.313 e. The predicted molar refractivity (Wildman–Crippen MR) is 204 cm³/mol. The van der Waals surface area contributed by atoms with E-state index < -0.39 is 55.7 Å². The van der Waals surface area contributed by atoms with Crippen LogP contribution in [0, 0.1) is 27.2 Å². The van der Waals surface area contributed by atoms with Crippen molar-refractivity contribution in [3.05, 3.63) is 109 Å². The van der Waals surface area contributed by atoms with E-state index in [0.717, 1.165) is 15.4 Å². The first-order valence-electron chi connectivity index (χ1n) is 17.2. The van der Waals surface area contributed by atoms with Gasteiger partial charge >= 0.3 is 0 Å². The van der Waals surface area contributed by atoms with Crippen molar-refractivity contribution in [3.8, 4) is 0 Å². The van der Waals surface area contributed by atoms with Gasteiger partial charge in [-0.3, -0.25) is 58.7 Å². The molecule has 2 aliphatic rings. The monoisotopic (exact) mass is 785 g/mol. The van der Waals surface area contributed by atoms with Crippen molar-refractivity contribution in [1.82, 2.24) is 25.4 Å². The topological polar surface area (TPSA) is 252 Å². The summed E-state index contributed by atoms with van der Waals surface area (Å²) in [6.45, 7) is 6.53. The van der Waals surface area contributed by atoms with E-state index in [2.05, 4.69) is 15.6 Å². The molecule has 0 aliphatic carbocycles. The molecular formula is C37H35N7O11S. The van der Waals surface area contributed by atoms with E-state index in [1.807, 2.05) is 13.0 Å². The quantitative estimate of drug-likeness (QED) is 0.0427. The van der Waals surface area contributed by atoms with Crippen LogP contribution in [0.3, 0.4) is 0 Å². The van der Waals surface area contributed by atoms with E-state index in [1.54, 1.807) is 44.3 Å². The number of hydrogen-bond acceptors (Lipinski definition) is 13. The smallest absolute Gasteiger partial charge is 0.270 e. The van der Waals surface area contributed by atoms with Crippen LogP contribution >= 0.6 is 0 Å². The van der Waals surface area contributed by atoms with E-state index >= 15 is 0 Å². The van der Waals surface area contributed by atoms with Gasteiger partial charge in [-0.25, -0.2) is 0 Å². The van der Waals surface area contributed by atoms with Crippen molar-refractivity contribution in [1.29, 1.82) is 0 Å². The van der Waals surface area contributed by atoms with Crippen molar-refractivity contribution >= 4 is 77.6 Å². The molecule has 0 fully saturated rings. The van der Waals surface area contributed by atoms with Crippen molar-refractivity contribution in [2.24, 2.45) is 0 Å². The summed E-state index contributed by atoms with van der Waals surface area (Å²) in [6.07, 6.45) is 2.35. The number of aryl methyl sites for hydroxylation is 1. The molecule has 4 amide bonds. The summed E-state index contributed by atoms with van der Waals surface area (Å²) < 4.78 is 25.9. The number of imide groups is 2. The van der Waals surface area contributed by atoms with Gasteiger partial charge in [0.2, 0.25) is 0 Å². The highest BCUT2D eigenvalue weighted by atomic mass is 32.2. The summed E-state index contributed by atoms with van der Waals surface area (Å²) in [5, 5.41) is 31.9. The average Bonchev–Trinajstić information content (AvgIpc) is 3.12. The minimum atomic E-state index is -3.67. The summed E-state index contributed by atoms with van der Waals surface area (Å²) >= 11 is 0. The SMILES string of the molecule is CS(=O)(=O)O.Cc1cnc2c(c1)cc1c3c(cc([N+](=O)[O-])cc32)C(=O)N([C@H](C)CNCCNC[C@@H](C)N2C(=O)c3cccc4cc([N+](=O)[O-])cc(c34)C2=O)C1=O. The number of fused-ring (bicyclic) bond motifs is 2. The van der Waals surface area contributed by atoms with Gasteiger partial charge in [0.05, 0.1) is 32.7 Å². The van der Waals surface area contributed by atoms with Gasteiger partial charge in [0.25, 0.3) is 45.1 Å². The first-order valence-corrected chi connectivity index (χ1v) is 19.0. The molecule has 0 spiro atoms. The summed E-state index contributed by atoms with van der Waals surface area (Å²) in [6, 6.07) is 12.3. The second kappa shape index (κ2) is 15.1. The molecule has 4 aromatic carbocycles. The summed E-state index contributed by atoms with van der Waals surface area (Å²) in [7, 11) is -3.67. The molecule has 5 aromatic rings. The molecule has 0 saturated carbocycles. The van der Waals surface area contributed by atoms with Crippen molar-refractivity contribution < 1.29 is 42.0 Å². The number of nitrogens with one attached hydrogen (secondary N) is 2. The maximum Gasteiger partial charge on any atom is 0.270 e. The number of nitrogens with zero attached hydrogens (tertiary/aromatic N) is 5. The molecule has 18 nitrogen and oxygen atoms in total. The van der Waals surface area contributed by atoms with E-state index in [4.69, 9.17) is 4.55 Å². The summed E-state index contributed by atoms with van der Waals surface area (Å²) in [5.41, 5.74) is 1.54. The van der Waals surface area contributed by atoms with Crippen molar-refractivity contribution in [3.63, 3.8) is 0 Å². The number of amides is 4. The highest BCUT2D eigenvalue weighted by molar-refractivity contribution is 7.85. The Morgan fingerprint density at radius 1 is 0.732 bits per heavy atom. The molecule has 19 heteroatoms. The number of rotatable bonds is 11. The van der Waals surface area contributed by atoms with Crippen LogP contribution in [-0.4, -0.2) is 106 Å². The van der Waals surface area contributed by atoms with Gasteiger partial charge in [-0.1, -0.05) is 12.1 Å². The van der Waals surface area contributed by atoms with Crippen LogP contribution in [0.1, 0.15) is 60.8 Å². The number of nitro benzene ring substituents is 2. The van der Waals surface area contributed by atoms with Gasteiger partial charge in [0, 0.05) is 101 Å². The number of carbonyl (C=O) groups excluding carboxylic acids is 4. The highest BCUT2D eigenvalue weighted by Gasteiger charge is 2.39. The third-order valence-corrected chi connectivity index (χ3v) is 9.42. The van der Waals surface area contributed by atoms with Crippen LogP contribution in [0.5, 0.6) is 0 Å². The average molecular weight is 786 g/mol. The summed E-state index contributed by atoms with van der Waals surface area (Å²) in [5.74, 6) is -2.22. The molecule has 3 N–H and O–H groups in total. The second-order valence-electron chi connectivity index (χ2n) is 13.6. The fourth-order valence-corrected chi connectivity index (χ4v) is 7.05. The van der Waals surface area contributed by atoms with Crippen molar-refractivity contribution in [2.45, 2.75) is 32.9 Å². The van der Waals surface area contributed by atoms with E-state index in [-0.39, 0.29) is 41.2 Å². The minimum absolute atomic E-state index is 0.0656. The Kier molecular flexibility index (Phi) is 10.6. The van der Waals surface area contributed by atoms with Crippen LogP contribution < -0.4 is 10.6 Å². The highest BCUT2D eigenvalue weighted by Crippen LogP contribution is 2.38. The fourth-order valence-electron chi connectivity index (χ4n) is 7.05. The zero-order valence-corrected chi connectivity index (χ0v) is 31.2. The molecule has 2 aliphatic heterocycles. The maximum atomic E-state index is 13.8. The van der Waals surface area contributed by atoms with Gasteiger partial charge in [-0.05, 0) is 49.9 Å². The lowest BCUT2D eigenvalue weighted by Crippen LogP contribution is -2.51. The zero-order valence-electron chi connectivity index (χ0n) is 30.4. The molecule has 2 atom stereocenters. The molecule has 0 radical (unpaired) electrons. The third-order valence-electron chi connectivity index (χ3n) is 9.42. The molecule has 56 heavy (non-hydrogen) atoms. The fraction of sp³-hybridized carbons (Fsp3) is 0.270. The Balaban J connectivity index is 0.00000100. The molecule has 0 unspecified atom stereocenters. The van der Waals surface area contributed by atoms with Crippen molar-refractivity contribution in [2.75, 3.05) is 32.4 Å². The lowest BCUT2D eigenvalue weighted by molar-refractivity contribution is -0.384. The molecule has 290 valence electrons. The molecule has 0 bridgehead atoms. The number of benzene rings is 4. The first-order chi connectivity index (χ1) is 26.4. The number of non-ortho nitro benzene ring substituents is 2. The lowest BCUT2D eigenvalue weighted by Gasteiger charge is -2.32. The Morgan fingerprint density at radius 3 is 1.75 bits per heavy atom. The van der Waals surface area contributed by atoms with Crippen LogP contribution in [0.25, 0.3) is 32.4 Å². The van der Waals surface area contributed by atoms with Gasteiger partial charge in [-0.2, -0.15) is 8.42 Å². The Hall–Kier alpha value is -6.28. The molecule has 1 aromatic heterocycles. The normalized spacial score (nSPS) is 14.9. The van der Waals surface area contributed by atoms with Crippen LogP contribution in [0.2, 0.25) is 0 Å². The second-order valence-corrected chi connectivity index (χ2v) is 15.1. The standard InChI is InChI=1S/C36H31N7O8.CH4O3S/c1-18-9-22-11-27-31-26(32(22)39-15-18)12-24(43(50)51)14-29(31)36(47)41(34(27)45)20(3)17-38-8-7-37-16-19(2)40-33(44)25-6-4-5-21-10-23(42(48)49)13-28(30(21)25)35(40)46;1-5(2,3)4/h4-6,9-15,19-20,37-38H,7-8,16-17H2,1-3H3;1H3,(H,2,3,4)/t19-,20-;/m1./s1. The van der Waals surface area contributed by atoms with Gasteiger partial charge in [0.1, 0.15) is 0 Å². The van der Waals surface area contributed by atoms with Gasteiger partial charge < -0.3 is 10.6 Å². The minimum Gasteiger partial charge on any atom is -0.313 e. The Labute approximate surface area is 318 Å². The molecular weight excluding hydrogens is 751 g/mol. The number of pyridine rings is 1. The zero-order chi connectivity index (χ0) is 40.8. The predicted octanol–water partition coefficient (Wildman–Crippen LogP) is 4.02. The number of carbonyl (C=O) groups is 4. The molecule has 0 saturated heterocycles. The van der Waals surface area contributed by atoms with E-state index in [9.17, 15) is 47.8 Å². The van der Waals surface area contributed by atoms with Crippen LogP contribution in [0.4, 0.5) is 11.4 Å². The Morgan fingerprint density at radius 2 is 1.21 bits per heavy atom. The van der Waals surface area contributed by atoms with Crippen LogP contribution in [-0.2, 0) is 10.1 Å². The third kappa shape index (κ3) is 7.52. The Bertz CT molecular complexity index is 2640. The number of nitro groups is 2. The van der Waals surface area contributed by atoms with Gasteiger partial charge in [0.15, 0.2) is 0 Å². The van der Waals surface area contributed by atoms with Crippen LogP contribution in [0.15, 0.2) is 60.8 Å². The lowest BCUT2D eigenvalue weighted by atomic mass is 9.90. The molecule has 3 heterocycles. The number of hydrogen-bond donors (Lipinski definition) is 3. The maximum absolute atomic E-state index is 13.8. The summed E-state index contributed by atoms with van der Waals surface area (Å²) in [4.78, 5) is 83.3.